The summed E-state index contributed by atoms with van der Waals surface area (Å²) < 4.78 is 45.9. The highest BCUT2D eigenvalue weighted by Gasteiger charge is 2.59. The topological polar surface area (TPSA) is 35.5 Å². The molecule has 86 valence electrons. The van der Waals surface area contributed by atoms with E-state index < -0.39 is 30.5 Å². The average molecular weight is 224 g/mol. The fourth-order valence-corrected chi connectivity index (χ4v) is 1.26. The van der Waals surface area contributed by atoms with Gasteiger partial charge in [-0.05, 0) is 6.92 Å². The first-order valence-corrected chi connectivity index (χ1v) is 4.39. The Morgan fingerprint density at radius 2 is 2.33 bits per heavy atom. The molecule has 1 aliphatic heterocycles. The van der Waals surface area contributed by atoms with E-state index in [1.165, 1.54) is 6.92 Å². The highest BCUT2D eigenvalue weighted by Crippen LogP contribution is 2.40. The summed E-state index contributed by atoms with van der Waals surface area (Å²) in [6, 6.07) is 0. The van der Waals surface area contributed by atoms with E-state index in [0.29, 0.717) is 0 Å². The monoisotopic (exact) mass is 224 g/mol. The summed E-state index contributed by atoms with van der Waals surface area (Å²) in [5.41, 5.74) is 0. The number of hydrogen-bond acceptors (Lipinski definition) is 3. The van der Waals surface area contributed by atoms with Crippen molar-refractivity contribution in [1.29, 1.82) is 0 Å². The Balaban J connectivity index is 2.32. The van der Waals surface area contributed by atoms with Crippen molar-refractivity contribution in [3.05, 3.63) is 12.7 Å². The minimum atomic E-state index is -3.70. The predicted octanol–water partition coefficient (Wildman–Crippen LogP) is 1.82. The molecule has 0 amide bonds. The standard InChI is InChI=1S/C9H11F3O3/c1-3-7(13)14-5(2)4-6-8(10)9(11,12)15-6/h3,5-6,8H,1,4H2,2H3. The first-order chi connectivity index (χ1) is 6.86. The molecule has 1 saturated heterocycles. The highest BCUT2D eigenvalue weighted by molar-refractivity contribution is 5.81. The Labute approximate surface area is 84.8 Å². The molecule has 6 heteroatoms. The average Bonchev–Trinajstić information content (AvgIpc) is 2.16. The van der Waals surface area contributed by atoms with Crippen LogP contribution < -0.4 is 0 Å². The molecular weight excluding hydrogens is 213 g/mol. The highest BCUT2D eigenvalue weighted by atomic mass is 19.3. The zero-order chi connectivity index (χ0) is 11.6. The van der Waals surface area contributed by atoms with Gasteiger partial charge in [0.05, 0.1) is 0 Å². The minimum Gasteiger partial charge on any atom is -0.459 e. The van der Waals surface area contributed by atoms with Crippen LogP contribution in [0.1, 0.15) is 13.3 Å². The van der Waals surface area contributed by atoms with Crippen molar-refractivity contribution < 1.29 is 27.4 Å². The van der Waals surface area contributed by atoms with Crippen molar-refractivity contribution in [2.45, 2.75) is 37.8 Å². The molecule has 3 atom stereocenters. The fraction of sp³-hybridized carbons (Fsp3) is 0.667. The Morgan fingerprint density at radius 1 is 1.73 bits per heavy atom. The lowest BCUT2D eigenvalue weighted by Crippen LogP contribution is -2.57. The maximum Gasteiger partial charge on any atom is 0.389 e. The number of carbonyl (C=O) groups excluding carboxylic acids is 1. The molecule has 1 rings (SSSR count). The Morgan fingerprint density at radius 3 is 2.73 bits per heavy atom. The molecule has 0 bridgehead atoms. The van der Waals surface area contributed by atoms with Crippen LogP contribution in [0.4, 0.5) is 13.2 Å². The van der Waals surface area contributed by atoms with E-state index >= 15 is 0 Å². The van der Waals surface area contributed by atoms with E-state index in [9.17, 15) is 18.0 Å². The van der Waals surface area contributed by atoms with E-state index in [1.807, 2.05) is 0 Å². The van der Waals surface area contributed by atoms with Crippen LogP contribution in [0.2, 0.25) is 0 Å². The second-order valence-electron chi connectivity index (χ2n) is 3.31. The van der Waals surface area contributed by atoms with Gasteiger partial charge in [0.2, 0.25) is 6.17 Å². The summed E-state index contributed by atoms with van der Waals surface area (Å²) >= 11 is 0. The third-order valence-electron chi connectivity index (χ3n) is 2.00. The molecule has 0 aromatic rings. The number of hydrogen-bond donors (Lipinski definition) is 0. The van der Waals surface area contributed by atoms with Gasteiger partial charge in [0.15, 0.2) is 0 Å². The number of carbonyl (C=O) groups is 1. The predicted molar refractivity (Wildman–Crippen MR) is 45.1 cm³/mol. The van der Waals surface area contributed by atoms with Crippen LogP contribution >= 0.6 is 0 Å². The van der Waals surface area contributed by atoms with E-state index in [1.54, 1.807) is 0 Å². The Hall–Kier alpha value is -1.04. The van der Waals surface area contributed by atoms with Crippen LogP contribution in [0.15, 0.2) is 12.7 Å². The lowest BCUT2D eigenvalue weighted by molar-refractivity contribution is -0.395. The molecule has 1 aliphatic rings. The van der Waals surface area contributed by atoms with Crippen molar-refractivity contribution in [3.63, 3.8) is 0 Å². The van der Waals surface area contributed by atoms with Crippen LogP contribution in [-0.4, -0.2) is 30.5 Å². The molecule has 3 nitrogen and oxygen atoms in total. The van der Waals surface area contributed by atoms with Crippen LogP contribution in [0.25, 0.3) is 0 Å². The quantitative estimate of drug-likeness (QED) is 0.539. The van der Waals surface area contributed by atoms with Crippen LogP contribution in [0.5, 0.6) is 0 Å². The summed E-state index contributed by atoms with van der Waals surface area (Å²) in [5.74, 6) is -0.677. The molecular formula is C9H11F3O3. The number of halogens is 3. The van der Waals surface area contributed by atoms with Gasteiger partial charge in [0, 0.05) is 12.5 Å². The SMILES string of the molecule is C=CC(=O)OC(C)CC1OC(F)(F)C1F. The lowest BCUT2D eigenvalue weighted by Gasteiger charge is -2.39. The zero-order valence-corrected chi connectivity index (χ0v) is 8.08. The van der Waals surface area contributed by atoms with Gasteiger partial charge in [0.1, 0.15) is 12.2 Å². The van der Waals surface area contributed by atoms with Crippen molar-refractivity contribution in [2.75, 3.05) is 0 Å². The molecule has 0 saturated carbocycles. The Bertz CT molecular complexity index is 267. The van der Waals surface area contributed by atoms with E-state index in [0.717, 1.165) is 6.08 Å². The van der Waals surface area contributed by atoms with Crippen molar-refractivity contribution in [2.24, 2.45) is 0 Å². The maximum absolute atomic E-state index is 12.7. The Kier molecular flexibility index (Phi) is 3.38. The van der Waals surface area contributed by atoms with Gasteiger partial charge in [0.25, 0.3) is 0 Å². The zero-order valence-electron chi connectivity index (χ0n) is 8.08. The number of rotatable bonds is 4. The van der Waals surface area contributed by atoms with Gasteiger partial charge in [-0.3, -0.25) is 0 Å². The third kappa shape index (κ3) is 2.71. The number of alkyl halides is 3. The third-order valence-corrected chi connectivity index (χ3v) is 2.00. The lowest BCUT2D eigenvalue weighted by atomic mass is 10.0. The van der Waals surface area contributed by atoms with Crippen LogP contribution in [-0.2, 0) is 14.3 Å². The second kappa shape index (κ2) is 4.22. The number of esters is 1. The summed E-state index contributed by atoms with van der Waals surface area (Å²) in [6.45, 7) is 4.63. The van der Waals surface area contributed by atoms with E-state index in [-0.39, 0.29) is 6.42 Å². The van der Waals surface area contributed by atoms with Gasteiger partial charge in [-0.15, -0.1) is 0 Å². The van der Waals surface area contributed by atoms with Crippen LogP contribution in [0.3, 0.4) is 0 Å². The maximum atomic E-state index is 12.7. The first-order valence-electron chi connectivity index (χ1n) is 4.39. The van der Waals surface area contributed by atoms with Crippen molar-refractivity contribution in [1.82, 2.24) is 0 Å². The van der Waals surface area contributed by atoms with Crippen molar-refractivity contribution >= 4 is 5.97 Å². The molecule has 0 aromatic carbocycles. The van der Waals surface area contributed by atoms with Gasteiger partial charge in [-0.1, -0.05) is 6.58 Å². The van der Waals surface area contributed by atoms with Gasteiger partial charge in [-0.25, -0.2) is 9.18 Å². The van der Waals surface area contributed by atoms with E-state index in [2.05, 4.69) is 16.1 Å². The molecule has 0 spiro atoms. The normalized spacial score (nSPS) is 30.1. The summed E-state index contributed by atoms with van der Waals surface area (Å²) in [7, 11) is 0. The van der Waals surface area contributed by atoms with E-state index in [4.69, 9.17) is 0 Å². The van der Waals surface area contributed by atoms with Gasteiger partial charge >= 0.3 is 12.1 Å². The molecule has 0 aliphatic carbocycles. The molecule has 15 heavy (non-hydrogen) atoms. The smallest absolute Gasteiger partial charge is 0.389 e. The summed E-state index contributed by atoms with van der Waals surface area (Å²) in [5, 5.41) is 0. The summed E-state index contributed by atoms with van der Waals surface area (Å²) in [4.78, 5) is 10.7. The molecule has 0 radical (unpaired) electrons. The fourth-order valence-electron chi connectivity index (χ4n) is 1.26. The molecule has 1 heterocycles. The second-order valence-corrected chi connectivity index (χ2v) is 3.31. The first kappa shape index (κ1) is 12.0. The minimum absolute atomic E-state index is 0.101. The number of ether oxygens (including phenoxy) is 2. The molecule has 3 unspecified atom stereocenters. The molecule has 0 N–H and O–H groups in total. The van der Waals surface area contributed by atoms with Gasteiger partial charge < -0.3 is 9.47 Å². The molecule has 0 aromatic heterocycles. The largest absolute Gasteiger partial charge is 0.459 e. The molecule has 1 fully saturated rings. The van der Waals surface area contributed by atoms with Gasteiger partial charge in [-0.2, -0.15) is 8.78 Å². The van der Waals surface area contributed by atoms with Crippen molar-refractivity contribution in [3.8, 4) is 0 Å². The van der Waals surface area contributed by atoms with Crippen LogP contribution in [0, 0.1) is 0 Å². The summed E-state index contributed by atoms with van der Waals surface area (Å²) in [6.07, 6.45) is -7.09.